The minimum absolute atomic E-state index is 0.0912. The summed E-state index contributed by atoms with van der Waals surface area (Å²) in [5, 5.41) is 10.5. The van der Waals surface area contributed by atoms with Crippen molar-refractivity contribution in [3.8, 4) is 0 Å². The fourth-order valence-corrected chi connectivity index (χ4v) is 1.13. The summed E-state index contributed by atoms with van der Waals surface area (Å²) in [6, 6.07) is -0.223. The second kappa shape index (κ2) is 5.00. The molecule has 0 bridgehead atoms. The molecule has 0 aliphatic heterocycles. The van der Waals surface area contributed by atoms with Crippen LogP contribution in [0.1, 0.15) is 0 Å². The summed E-state index contributed by atoms with van der Waals surface area (Å²) in [5.41, 5.74) is 4.98. The largest absolute Gasteiger partial charge is 0.480 e. The van der Waals surface area contributed by atoms with Crippen LogP contribution in [0.4, 0.5) is 19.0 Å². The maximum Gasteiger partial charge on any atom is 0.410 e. The molecule has 1 aromatic heterocycles. The Morgan fingerprint density at radius 3 is 2.53 bits per heavy atom. The molecule has 0 saturated heterocycles. The van der Waals surface area contributed by atoms with E-state index in [9.17, 15) is 18.0 Å². The Bertz CT molecular complexity index is 383. The second-order valence-corrected chi connectivity index (χ2v) is 3.24. The Labute approximate surface area is 94.5 Å². The van der Waals surface area contributed by atoms with Crippen LogP contribution in [0.15, 0.2) is 24.4 Å². The smallest absolute Gasteiger partial charge is 0.410 e. The molecule has 0 fully saturated rings. The third-order valence-corrected chi connectivity index (χ3v) is 1.97. The fraction of sp³-hybridized carbons (Fsp3) is 0.333. The van der Waals surface area contributed by atoms with Crippen LogP contribution in [0.25, 0.3) is 0 Å². The molecule has 94 valence electrons. The van der Waals surface area contributed by atoms with Crippen molar-refractivity contribution in [3.63, 3.8) is 0 Å². The maximum absolute atomic E-state index is 12.6. The zero-order valence-electron chi connectivity index (χ0n) is 8.48. The number of pyridine rings is 1. The van der Waals surface area contributed by atoms with Crippen molar-refractivity contribution in [2.45, 2.75) is 18.3 Å². The highest BCUT2D eigenvalue weighted by Gasteiger charge is 2.46. The van der Waals surface area contributed by atoms with Gasteiger partial charge in [0.15, 0.2) is 0 Å². The SMILES string of the molecule is N[C@H](C(=O)O)[C@@H](Nc1ccccn1)C(F)(F)F. The number of nitrogens with one attached hydrogen (secondary N) is 1. The van der Waals surface area contributed by atoms with Crippen molar-refractivity contribution in [1.82, 2.24) is 4.98 Å². The molecule has 5 nitrogen and oxygen atoms in total. The highest BCUT2D eigenvalue weighted by molar-refractivity contribution is 5.75. The number of rotatable bonds is 4. The molecule has 8 heteroatoms. The molecule has 0 saturated carbocycles. The lowest BCUT2D eigenvalue weighted by Gasteiger charge is -2.24. The maximum atomic E-state index is 12.6. The first-order chi connectivity index (χ1) is 7.82. The van der Waals surface area contributed by atoms with Gasteiger partial charge in [0, 0.05) is 6.20 Å². The first-order valence-electron chi connectivity index (χ1n) is 4.55. The van der Waals surface area contributed by atoms with E-state index in [1.165, 1.54) is 24.4 Å². The minimum atomic E-state index is -4.78. The number of aliphatic carboxylic acids is 1. The van der Waals surface area contributed by atoms with Gasteiger partial charge in [-0.25, -0.2) is 4.98 Å². The Morgan fingerprint density at radius 2 is 2.12 bits per heavy atom. The summed E-state index contributed by atoms with van der Waals surface area (Å²) in [6.07, 6.45) is -3.50. The number of nitrogens with zero attached hydrogens (tertiary/aromatic N) is 1. The lowest BCUT2D eigenvalue weighted by molar-refractivity contribution is -0.161. The van der Waals surface area contributed by atoms with E-state index < -0.39 is 24.2 Å². The Balaban J connectivity index is 2.89. The van der Waals surface area contributed by atoms with Gasteiger partial charge in [-0.1, -0.05) is 6.07 Å². The third-order valence-electron chi connectivity index (χ3n) is 1.97. The van der Waals surface area contributed by atoms with Crippen molar-refractivity contribution in [2.75, 3.05) is 5.32 Å². The highest BCUT2D eigenvalue weighted by atomic mass is 19.4. The number of carboxylic acids is 1. The van der Waals surface area contributed by atoms with Gasteiger partial charge in [-0.3, -0.25) is 4.79 Å². The van der Waals surface area contributed by atoms with Crippen molar-refractivity contribution < 1.29 is 23.1 Å². The second-order valence-electron chi connectivity index (χ2n) is 3.24. The van der Waals surface area contributed by atoms with E-state index in [2.05, 4.69) is 4.98 Å². The van der Waals surface area contributed by atoms with Gasteiger partial charge in [0.1, 0.15) is 17.9 Å². The predicted molar refractivity (Wildman–Crippen MR) is 53.3 cm³/mol. The number of halogens is 3. The molecule has 1 aromatic rings. The predicted octanol–water partition coefficient (Wildman–Crippen LogP) is 0.836. The molecular weight excluding hydrogens is 239 g/mol. The van der Waals surface area contributed by atoms with E-state index in [0.717, 1.165) is 0 Å². The fourth-order valence-electron chi connectivity index (χ4n) is 1.13. The van der Waals surface area contributed by atoms with Crippen molar-refractivity contribution in [2.24, 2.45) is 5.73 Å². The van der Waals surface area contributed by atoms with E-state index in [1.54, 1.807) is 0 Å². The van der Waals surface area contributed by atoms with Gasteiger partial charge < -0.3 is 16.2 Å². The topological polar surface area (TPSA) is 88.2 Å². The van der Waals surface area contributed by atoms with Gasteiger partial charge in [0.05, 0.1) is 0 Å². The standard InChI is InChI=1S/C9H10F3N3O2/c10-9(11,12)7(6(13)8(16)17)15-5-3-1-2-4-14-5/h1-4,6-7H,13H2,(H,14,15)(H,16,17)/t6-,7+/m0/s1. The van der Waals surface area contributed by atoms with Gasteiger partial charge in [-0.05, 0) is 12.1 Å². The van der Waals surface area contributed by atoms with Crippen LogP contribution in [0.3, 0.4) is 0 Å². The number of alkyl halides is 3. The van der Waals surface area contributed by atoms with Crippen molar-refractivity contribution >= 4 is 11.8 Å². The number of hydrogen-bond acceptors (Lipinski definition) is 4. The lowest BCUT2D eigenvalue weighted by Crippen LogP contribution is -2.54. The molecule has 1 rings (SSSR count). The molecule has 0 aliphatic carbocycles. The summed E-state index contributed by atoms with van der Waals surface area (Å²) in [5.74, 6) is -1.83. The molecule has 0 spiro atoms. The molecule has 4 N–H and O–H groups in total. The first kappa shape index (κ1) is 13.2. The third kappa shape index (κ3) is 3.59. The van der Waals surface area contributed by atoms with Crippen molar-refractivity contribution in [1.29, 1.82) is 0 Å². The zero-order chi connectivity index (χ0) is 13.1. The summed E-state index contributed by atoms with van der Waals surface area (Å²) in [4.78, 5) is 14.1. The first-order valence-corrected chi connectivity index (χ1v) is 4.55. The Hall–Kier alpha value is -1.83. The average Bonchev–Trinajstić information content (AvgIpc) is 2.24. The quantitative estimate of drug-likeness (QED) is 0.735. The van der Waals surface area contributed by atoms with Crippen LogP contribution in [-0.4, -0.2) is 34.3 Å². The molecule has 0 amide bonds. The number of aromatic nitrogens is 1. The molecule has 0 radical (unpaired) electrons. The Morgan fingerprint density at radius 1 is 1.47 bits per heavy atom. The summed E-state index contributed by atoms with van der Waals surface area (Å²) in [7, 11) is 0. The van der Waals surface area contributed by atoms with Gasteiger partial charge >= 0.3 is 12.1 Å². The molecule has 0 aromatic carbocycles. The highest BCUT2D eigenvalue weighted by Crippen LogP contribution is 2.24. The Kier molecular flexibility index (Phi) is 3.89. The number of carbonyl (C=O) groups is 1. The number of anilines is 1. The van der Waals surface area contributed by atoms with Gasteiger partial charge in [-0.15, -0.1) is 0 Å². The van der Waals surface area contributed by atoms with Crippen LogP contribution >= 0.6 is 0 Å². The molecular formula is C9H10F3N3O2. The van der Waals surface area contributed by atoms with Crippen LogP contribution in [-0.2, 0) is 4.79 Å². The van der Waals surface area contributed by atoms with E-state index >= 15 is 0 Å². The van der Waals surface area contributed by atoms with Gasteiger partial charge in [0.2, 0.25) is 0 Å². The summed E-state index contributed by atoms with van der Waals surface area (Å²) in [6.45, 7) is 0. The monoisotopic (exact) mass is 249 g/mol. The molecule has 17 heavy (non-hydrogen) atoms. The molecule has 0 aliphatic rings. The van der Waals surface area contributed by atoms with E-state index in [-0.39, 0.29) is 5.82 Å². The number of nitrogens with two attached hydrogens (primary N) is 1. The average molecular weight is 249 g/mol. The summed E-state index contributed by atoms with van der Waals surface area (Å²) < 4.78 is 37.7. The van der Waals surface area contributed by atoms with Gasteiger partial charge in [0.25, 0.3) is 0 Å². The van der Waals surface area contributed by atoms with E-state index in [1.807, 2.05) is 5.32 Å². The van der Waals surface area contributed by atoms with Crippen LogP contribution in [0.2, 0.25) is 0 Å². The van der Waals surface area contributed by atoms with E-state index in [0.29, 0.717) is 0 Å². The van der Waals surface area contributed by atoms with Crippen LogP contribution < -0.4 is 11.1 Å². The van der Waals surface area contributed by atoms with Crippen molar-refractivity contribution in [3.05, 3.63) is 24.4 Å². The van der Waals surface area contributed by atoms with E-state index in [4.69, 9.17) is 10.8 Å². The van der Waals surface area contributed by atoms with Crippen LogP contribution in [0.5, 0.6) is 0 Å². The lowest BCUT2D eigenvalue weighted by atomic mass is 10.1. The number of hydrogen-bond donors (Lipinski definition) is 3. The molecule has 2 atom stereocenters. The molecule has 0 unspecified atom stereocenters. The molecule has 1 heterocycles. The van der Waals surface area contributed by atoms with Crippen LogP contribution in [0, 0.1) is 0 Å². The normalized spacial score (nSPS) is 15.1. The zero-order valence-corrected chi connectivity index (χ0v) is 8.48. The number of carboxylic acid groups (broad SMARTS) is 1. The minimum Gasteiger partial charge on any atom is -0.480 e. The van der Waals surface area contributed by atoms with Gasteiger partial charge in [-0.2, -0.15) is 13.2 Å². The summed E-state index contributed by atoms with van der Waals surface area (Å²) >= 11 is 0.